The van der Waals surface area contributed by atoms with E-state index >= 15 is 0 Å². The van der Waals surface area contributed by atoms with E-state index in [9.17, 15) is 0 Å². The second-order valence-corrected chi connectivity index (χ2v) is 3.31. The Bertz CT molecular complexity index is 268. The number of rotatable bonds is 2. The number of pyridine rings is 1. The van der Waals surface area contributed by atoms with Crippen LogP contribution in [-0.2, 0) is 0 Å². The number of aromatic nitrogens is 1. The summed E-state index contributed by atoms with van der Waals surface area (Å²) in [5.74, 6) is 0.995. The minimum Gasteiger partial charge on any atom is -0.490 e. The number of hydrogen-bond donors (Lipinski definition) is 0. The molecule has 64 valence electrons. The molecule has 1 aromatic rings. The third-order valence-corrected chi connectivity index (χ3v) is 2.31. The van der Waals surface area contributed by atoms with Crippen molar-refractivity contribution in [3.05, 3.63) is 24.0 Å². The van der Waals surface area contributed by atoms with Gasteiger partial charge in [-0.05, 0) is 32.3 Å². The first-order valence-electron chi connectivity index (χ1n) is 4.43. The second kappa shape index (κ2) is 3.13. The Morgan fingerprint density at radius 2 is 2.33 bits per heavy atom. The average Bonchev–Trinajstić information content (AvgIpc) is 2.00. The van der Waals surface area contributed by atoms with Gasteiger partial charge in [-0.25, -0.2) is 0 Å². The minimum atomic E-state index is 0.464. The summed E-state index contributed by atoms with van der Waals surface area (Å²) in [6.07, 6.45) is 7.82. The van der Waals surface area contributed by atoms with E-state index in [1.54, 1.807) is 6.20 Å². The topological polar surface area (TPSA) is 22.1 Å². The molecule has 12 heavy (non-hydrogen) atoms. The molecule has 0 unspecified atom stereocenters. The van der Waals surface area contributed by atoms with Gasteiger partial charge < -0.3 is 4.74 Å². The molecular weight excluding hydrogens is 150 g/mol. The van der Waals surface area contributed by atoms with Crippen molar-refractivity contribution >= 4 is 0 Å². The van der Waals surface area contributed by atoms with Crippen molar-refractivity contribution in [1.82, 2.24) is 4.98 Å². The second-order valence-electron chi connectivity index (χ2n) is 3.31. The Labute approximate surface area is 72.6 Å². The summed E-state index contributed by atoms with van der Waals surface area (Å²) in [6, 6.07) is 1.94. The quantitative estimate of drug-likeness (QED) is 0.667. The van der Waals surface area contributed by atoms with Gasteiger partial charge >= 0.3 is 0 Å². The highest BCUT2D eigenvalue weighted by molar-refractivity contribution is 5.28. The molecule has 1 heterocycles. The zero-order valence-corrected chi connectivity index (χ0v) is 7.29. The van der Waals surface area contributed by atoms with Gasteiger partial charge in [0, 0.05) is 18.0 Å². The summed E-state index contributed by atoms with van der Waals surface area (Å²) in [6.45, 7) is 2.03. The summed E-state index contributed by atoms with van der Waals surface area (Å²) >= 11 is 0. The van der Waals surface area contributed by atoms with E-state index in [2.05, 4.69) is 4.98 Å². The summed E-state index contributed by atoms with van der Waals surface area (Å²) in [5, 5.41) is 0. The molecule has 0 N–H and O–H groups in total. The van der Waals surface area contributed by atoms with Crippen LogP contribution in [0.1, 0.15) is 24.8 Å². The summed E-state index contributed by atoms with van der Waals surface area (Å²) < 4.78 is 5.74. The predicted octanol–water partition coefficient (Wildman–Crippen LogP) is 2.32. The van der Waals surface area contributed by atoms with Crippen LogP contribution in [0.4, 0.5) is 0 Å². The number of aryl methyl sites for hydroxylation is 1. The van der Waals surface area contributed by atoms with E-state index < -0.39 is 0 Å². The molecule has 2 nitrogen and oxygen atoms in total. The first-order chi connectivity index (χ1) is 5.86. The van der Waals surface area contributed by atoms with Crippen LogP contribution >= 0.6 is 0 Å². The first kappa shape index (κ1) is 7.59. The largest absolute Gasteiger partial charge is 0.490 e. The van der Waals surface area contributed by atoms with Gasteiger partial charge in [0.25, 0.3) is 0 Å². The third-order valence-electron chi connectivity index (χ3n) is 2.31. The smallest absolute Gasteiger partial charge is 0.125 e. The molecule has 0 saturated heterocycles. The standard InChI is InChI=1S/C10H13NO/c1-8-7-11-6-5-10(8)12-9-3-2-4-9/h5-7,9H,2-4H2,1H3. The lowest BCUT2D eigenvalue weighted by molar-refractivity contribution is 0.119. The monoisotopic (exact) mass is 163 g/mol. The molecule has 0 atom stereocenters. The molecule has 0 amide bonds. The van der Waals surface area contributed by atoms with Crippen LogP contribution in [0, 0.1) is 6.92 Å². The highest BCUT2D eigenvalue weighted by Gasteiger charge is 2.19. The highest BCUT2D eigenvalue weighted by Crippen LogP contribution is 2.26. The van der Waals surface area contributed by atoms with Crippen molar-refractivity contribution in [2.24, 2.45) is 0 Å². The van der Waals surface area contributed by atoms with Gasteiger partial charge in [-0.15, -0.1) is 0 Å². The summed E-state index contributed by atoms with van der Waals surface area (Å²) in [4.78, 5) is 4.02. The van der Waals surface area contributed by atoms with Crippen LogP contribution in [0.15, 0.2) is 18.5 Å². The third kappa shape index (κ3) is 1.42. The van der Waals surface area contributed by atoms with Gasteiger partial charge in [0.05, 0.1) is 6.10 Å². The first-order valence-corrected chi connectivity index (χ1v) is 4.43. The van der Waals surface area contributed by atoms with E-state index in [4.69, 9.17) is 4.74 Å². The molecule has 0 spiro atoms. The minimum absolute atomic E-state index is 0.464. The lowest BCUT2D eigenvalue weighted by Crippen LogP contribution is -2.24. The van der Waals surface area contributed by atoms with Crippen LogP contribution in [-0.4, -0.2) is 11.1 Å². The molecule has 0 bridgehead atoms. The zero-order valence-electron chi connectivity index (χ0n) is 7.29. The van der Waals surface area contributed by atoms with Gasteiger partial charge in [-0.3, -0.25) is 4.98 Å². The summed E-state index contributed by atoms with van der Waals surface area (Å²) in [5.41, 5.74) is 1.13. The molecule has 1 fully saturated rings. The Morgan fingerprint density at radius 3 is 2.92 bits per heavy atom. The molecule has 0 radical (unpaired) electrons. The van der Waals surface area contributed by atoms with Crippen LogP contribution in [0.3, 0.4) is 0 Å². The summed E-state index contributed by atoms with van der Waals surface area (Å²) in [7, 11) is 0. The van der Waals surface area contributed by atoms with Crippen molar-refractivity contribution in [2.75, 3.05) is 0 Å². The van der Waals surface area contributed by atoms with Gasteiger partial charge in [0.1, 0.15) is 5.75 Å². The molecule has 2 heteroatoms. The van der Waals surface area contributed by atoms with Crippen molar-refractivity contribution in [3.8, 4) is 5.75 Å². The molecule has 1 aromatic heterocycles. The Kier molecular flexibility index (Phi) is 1.98. The molecule has 1 aliphatic carbocycles. The Morgan fingerprint density at radius 1 is 1.50 bits per heavy atom. The normalized spacial score (nSPS) is 17.1. The SMILES string of the molecule is Cc1cnccc1OC1CCC1. The van der Waals surface area contributed by atoms with Gasteiger partial charge in [-0.1, -0.05) is 0 Å². The van der Waals surface area contributed by atoms with Crippen molar-refractivity contribution < 1.29 is 4.74 Å². The van der Waals surface area contributed by atoms with E-state index in [-0.39, 0.29) is 0 Å². The van der Waals surface area contributed by atoms with Gasteiger partial charge in [0.15, 0.2) is 0 Å². The van der Waals surface area contributed by atoms with Gasteiger partial charge in [0.2, 0.25) is 0 Å². The van der Waals surface area contributed by atoms with Crippen LogP contribution in [0.5, 0.6) is 5.75 Å². The lowest BCUT2D eigenvalue weighted by Gasteiger charge is -2.26. The number of ether oxygens (including phenoxy) is 1. The van der Waals surface area contributed by atoms with Gasteiger partial charge in [-0.2, -0.15) is 0 Å². The molecular formula is C10H13NO. The fourth-order valence-corrected chi connectivity index (χ4v) is 1.26. The predicted molar refractivity (Wildman–Crippen MR) is 47.2 cm³/mol. The van der Waals surface area contributed by atoms with Crippen LogP contribution in [0.2, 0.25) is 0 Å². The fourth-order valence-electron chi connectivity index (χ4n) is 1.26. The highest BCUT2D eigenvalue weighted by atomic mass is 16.5. The Hall–Kier alpha value is -1.05. The maximum atomic E-state index is 5.74. The van der Waals surface area contributed by atoms with Crippen molar-refractivity contribution in [1.29, 1.82) is 0 Å². The average molecular weight is 163 g/mol. The molecule has 1 saturated carbocycles. The maximum absolute atomic E-state index is 5.74. The van der Waals surface area contributed by atoms with E-state index in [0.717, 1.165) is 11.3 Å². The maximum Gasteiger partial charge on any atom is 0.125 e. The molecule has 0 aromatic carbocycles. The van der Waals surface area contributed by atoms with Crippen molar-refractivity contribution in [2.45, 2.75) is 32.3 Å². The van der Waals surface area contributed by atoms with Crippen LogP contribution in [0.25, 0.3) is 0 Å². The van der Waals surface area contributed by atoms with E-state index in [0.29, 0.717) is 6.10 Å². The fraction of sp³-hybridized carbons (Fsp3) is 0.500. The van der Waals surface area contributed by atoms with Crippen LogP contribution < -0.4 is 4.74 Å². The molecule has 2 rings (SSSR count). The van der Waals surface area contributed by atoms with E-state index in [1.165, 1.54) is 19.3 Å². The Balaban J connectivity index is 2.06. The van der Waals surface area contributed by atoms with E-state index in [1.807, 2.05) is 19.2 Å². The number of nitrogens with zero attached hydrogens (tertiary/aromatic N) is 1. The zero-order chi connectivity index (χ0) is 8.39. The molecule has 0 aliphatic heterocycles. The molecule has 1 aliphatic rings. The lowest BCUT2D eigenvalue weighted by atomic mass is 9.96. The van der Waals surface area contributed by atoms with Crippen molar-refractivity contribution in [3.63, 3.8) is 0 Å². The number of hydrogen-bond acceptors (Lipinski definition) is 2.